The minimum absolute atomic E-state index is 0.0461. The number of benzene rings is 2. The van der Waals surface area contributed by atoms with E-state index in [9.17, 15) is 14.4 Å². The highest BCUT2D eigenvalue weighted by atomic mass is 35.5. The van der Waals surface area contributed by atoms with E-state index in [4.69, 9.17) is 11.6 Å². The Morgan fingerprint density at radius 1 is 1.11 bits per heavy atom. The number of hydrogen-bond donors (Lipinski definition) is 0. The number of amides is 1. The topological polar surface area (TPSA) is 47.3 Å². The molecule has 4 rings (SSSR count). The van der Waals surface area contributed by atoms with Gasteiger partial charge in [-0.25, -0.2) is 4.39 Å². The molecule has 0 spiro atoms. The molecule has 0 N–H and O–H groups in total. The molecule has 0 atom stereocenters. The number of piperazine rings is 1. The van der Waals surface area contributed by atoms with Crippen LogP contribution in [0.2, 0.25) is 5.02 Å². The number of thiophene rings is 1. The zero-order valence-corrected chi connectivity index (χ0v) is 15.9. The van der Waals surface area contributed by atoms with Gasteiger partial charge in [-0.1, -0.05) is 35.9 Å². The fourth-order valence-corrected chi connectivity index (χ4v) is 4.81. The van der Waals surface area contributed by atoms with Crippen LogP contribution in [-0.2, 0) is 0 Å². The van der Waals surface area contributed by atoms with Gasteiger partial charge in [-0.2, -0.15) is 5.26 Å². The smallest absolute Gasteiger partial charge is 0.265 e. The molecule has 2 aromatic carbocycles. The number of carbonyl (C=O) groups excluding carboxylic acids is 1. The quantitative estimate of drug-likeness (QED) is 0.636. The van der Waals surface area contributed by atoms with Crippen LogP contribution in [0.5, 0.6) is 0 Å². The normalized spacial score (nSPS) is 14.4. The number of carbonyl (C=O) groups is 1. The molecule has 4 nitrogen and oxygen atoms in total. The van der Waals surface area contributed by atoms with Crippen molar-refractivity contribution in [1.82, 2.24) is 4.90 Å². The Morgan fingerprint density at radius 3 is 2.56 bits per heavy atom. The van der Waals surface area contributed by atoms with Crippen molar-refractivity contribution in [3.8, 4) is 6.07 Å². The lowest BCUT2D eigenvalue weighted by molar-refractivity contribution is 0.0752. The zero-order valence-electron chi connectivity index (χ0n) is 14.3. The van der Waals surface area contributed by atoms with Gasteiger partial charge in [0.1, 0.15) is 22.3 Å². The number of nitrogens with zero attached hydrogens (tertiary/aromatic N) is 3. The fourth-order valence-electron chi connectivity index (χ4n) is 3.33. The first-order valence-electron chi connectivity index (χ1n) is 8.50. The van der Waals surface area contributed by atoms with Crippen LogP contribution in [0.1, 0.15) is 15.2 Å². The van der Waals surface area contributed by atoms with Crippen LogP contribution in [0.25, 0.3) is 10.1 Å². The highest BCUT2D eigenvalue weighted by Gasteiger charge is 2.27. The van der Waals surface area contributed by atoms with Crippen LogP contribution in [0.3, 0.4) is 0 Å². The van der Waals surface area contributed by atoms with E-state index in [1.807, 2.05) is 35.2 Å². The van der Waals surface area contributed by atoms with E-state index >= 15 is 0 Å². The van der Waals surface area contributed by atoms with Crippen molar-refractivity contribution in [2.45, 2.75) is 0 Å². The van der Waals surface area contributed by atoms with E-state index in [1.54, 1.807) is 17.0 Å². The van der Waals surface area contributed by atoms with Crippen LogP contribution >= 0.6 is 22.9 Å². The maximum atomic E-state index is 13.9. The van der Waals surface area contributed by atoms with Gasteiger partial charge < -0.3 is 9.80 Å². The molecule has 0 unspecified atom stereocenters. The molecule has 1 saturated heterocycles. The highest BCUT2D eigenvalue weighted by molar-refractivity contribution is 7.21. The predicted molar refractivity (Wildman–Crippen MR) is 106 cm³/mol. The van der Waals surface area contributed by atoms with Crippen LogP contribution in [0, 0.1) is 17.1 Å². The van der Waals surface area contributed by atoms with Gasteiger partial charge >= 0.3 is 0 Å². The maximum absolute atomic E-state index is 13.9. The lowest BCUT2D eigenvalue weighted by Gasteiger charge is -2.36. The molecule has 1 amide bonds. The summed E-state index contributed by atoms with van der Waals surface area (Å²) < 4.78 is 14.8. The summed E-state index contributed by atoms with van der Waals surface area (Å²) in [5.41, 5.74) is 0.620. The van der Waals surface area contributed by atoms with Crippen LogP contribution in [0.15, 0.2) is 42.5 Å². The summed E-state index contributed by atoms with van der Waals surface area (Å²) in [4.78, 5) is 17.2. The maximum Gasteiger partial charge on any atom is 0.265 e. The van der Waals surface area contributed by atoms with Gasteiger partial charge in [0.15, 0.2) is 0 Å². The number of anilines is 1. The third-order valence-electron chi connectivity index (χ3n) is 4.74. The largest absolute Gasteiger partial charge is 0.367 e. The molecular weight excluding hydrogens is 385 g/mol. The minimum atomic E-state index is -0.523. The number of fused-ring (bicyclic) bond motifs is 1. The molecule has 136 valence electrons. The molecule has 7 heteroatoms. The third kappa shape index (κ3) is 3.14. The molecule has 1 aromatic heterocycles. The van der Waals surface area contributed by atoms with E-state index in [1.165, 1.54) is 17.4 Å². The molecule has 0 saturated carbocycles. The number of rotatable bonds is 2. The van der Waals surface area contributed by atoms with Gasteiger partial charge in [-0.3, -0.25) is 4.79 Å². The molecular formula is C20H15ClFN3OS. The monoisotopic (exact) mass is 399 g/mol. The first-order valence-corrected chi connectivity index (χ1v) is 9.69. The second kappa shape index (κ2) is 7.18. The third-order valence-corrected chi connectivity index (χ3v) is 6.40. The standard InChI is InChI=1S/C20H15ClFN3OS/c21-18-13-4-1-2-7-17(13)27-19(18)20(26)25-10-8-24(9-11-25)16-6-3-5-15(22)14(16)12-23/h1-7H,8-11H2. The van der Waals surface area contributed by atoms with Gasteiger partial charge in [0.2, 0.25) is 0 Å². The fraction of sp³-hybridized carbons (Fsp3) is 0.200. The van der Waals surface area contributed by atoms with Crippen molar-refractivity contribution in [3.63, 3.8) is 0 Å². The summed E-state index contributed by atoms with van der Waals surface area (Å²) in [6, 6.07) is 14.2. The molecule has 2 heterocycles. The van der Waals surface area contributed by atoms with Crippen LogP contribution < -0.4 is 4.90 Å². The Hall–Kier alpha value is -2.62. The molecule has 1 aliphatic rings. The first kappa shape index (κ1) is 17.8. The molecule has 3 aromatic rings. The summed E-state index contributed by atoms with van der Waals surface area (Å²) in [5, 5.41) is 10.6. The van der Waals surface area contributed by atoms with E-state index < -0.39 is 5.82 Å². The molecule has 27 heavy (non-hydrogen) atoms. The van der Waals surface area contributed by atoms with Gasteiger partial charge in [0, 0.05) is 36.3 Å². The van der Waals surface area contributed by atoms with E-state index in [-0.39, 0.29) is 11.5 Å². The lowest BCUT2D eigenvalue weighted by Crippen LogP contribution is -2.49. The lowest BCUT2D eigenvalue weighted by atomic mass is 10.1. The zero-order chi connectivity index (χ0) is 19.0. The molecule has 0 radical (unpaired) electrons. The Kier molecular flexibility index (Phi) is 4.73. The van der Waals surface area contributed by atoms with Crippen molar-refractivity contribution in [3.05, 3.63) is 63.7 Å². The van der Waals surface area contributed by atoms with Crippen molar-refractivity contribution in [2.24, 2.45) is 0 Å². The van der Waals surface area contributed by atoms with Crippen molar-refractivity contribution in [1.29, 1.82) is 5.26 Å². The number of hydrogen-bond acceptors (Lipinski definition) is 4. The van der Waals surface area contributed by atoms with Crippen LogP contribution in [0.4, 0.5) is 10.1 Å². The van der Waals surface area contributed by atoms with Crippen LogP contribution in [-0.4, -0.2) is 37.0 Å². The summed E-state index contributed by atoms with van der Waals surface area (Å²) in [6.07, 6.45) is 0. The van der Waals surface area contributed by atoms with Gasteiger partial charge in [0.25, 0.3) is 5.91 Å². The van der Waals surface area contributed by atoms with Gasteiger partial charge in [-0.05, 0) is 18.2 Å². The Bertz CT molecular complexity index is 1070. The first-order chi connectivity index (χ1) is 13.1. The summed E-state index contributed by atoms with van der Waals surface area (Å²) in [7, 11) is 0. The Morgan fingerprint density at radius 2 is 1.85 bits per heavy atom. The van der Waals surface area contributed by atoms with E-state index in [0.29, 0.717) is 41.8 Å². The SMILES string of the molecule is N#Cc1c(F)cccc1N1CCN(C(=O)c2sc3ccccc3c2Cl)CC1. The summed E-state index contributed by atoms with van der Waals surface area (Å²) >= 11 is 7.83. The number of nitriles is 1. The number of halogens is 2. The average molecular weight is 400 g/mol. The van der Waals surface area contributed by atoms with Gasteiger partial charge in [0.05, 0.1) is 10.7 Å². The predicted octanol–water partition coefficient (Wildman–Crippen LogP) is 4.53. The molecule has 0 bridgehead atoms. The Balaban J connectivity index is 1.52. The van der Waals surface area contributed by atoms with Crippen molar-refractivity contribution >= 4 is 44.6 Å². The van der Waals surface area contributed by atoms with E-state index in [0.717, 1.165) is 10.1 Å². The average Bonchev–Trinajstić information content (AvgIpc) is 3.04. The summed E-state index contributed by atoms with van der Waals surface area (Å²) in [6.45, 7) is 2.05. The minimum Gasteiger partial charge on any atom is -0.367 e. The molecule has 1 fully saturated rings. The van der Waals surface area contributed by atoms with Crippen molar-refractivity contribution < 1.29 is 9.18 Å². The van der Waals surface area contributed by atoms with E-state index in [2.05, 4.69) is 0 Å². The summed E-state index contributed by atoms with van der Waals surface area (Å²) in [5.74, 6) is -0.605. The second-order valence-corrected chi connectivity index (χ2v) is 7.70. The highest BCUT2D eigenvalue weighted by Crippen LogP contribution is 2.36. The Labute approximate surface area is 165 Å². The van der Waals surface area contributed by atoms with Crippen molar-refractivity contribution in [2.75, 3.05) is 31.1 Å². The molecule has 0 aliphatic carbocycles. The second-order valence-electron chi connectivity index (χ2n) is 6.27. The van der Waals surface area contributed by atoms with Gasteiger partial charge in [-0.15, -0.1) is 11.3 Å². The molecule has 1 aliphatic heterocycles.